The quantitative estimate of drug-likeness (QED) is 0.798. The Kier molecular flexibility index (Phi) is 5.74. The molecule has 1 unspecified atom stereocenters. The van der Waals surface area contributed by atoms with E-state index in [2.05, 4.69) is 24.1 Å². The summed E-state index contributed by atoms with van der Waals surface area (Å²) in [7, 11) is 3.56. The van der Waals surface area contributed by atoms with Crippen LogP contribution >= 0.6 is 12.2 Å². The number of nitrogens with one attached hydrogen (secondary N) is 2. The van der Waals surface area contributed by atoms with Crippen LogP contribution in [0.1, 0.15) is 19.4 Å². The number of aromatic amines is 1. The summed E-state index contributed by atoms with van der Waals surface area (Å²) in [4.78, 5) is 14.6. The number of hydrogen-bond donors (Lipinski definition) is 2. The average molecular weight is 333 g/mol. The smallest absolute Gasteiger partial charge is 0.252 e. The van der Waals surface area contributed by atoms with Gasteiger partial charge in [0.25, 0.3) is 5.56 Å². The van der Waals surface area contributed by atoms with Gasteiger partial charge in [-0.05, 0) is 56.4 Å². The van der Waals surface area contributed by atoms with Crippen LogP contribution in [-0.4, -0.2) is 29.8 Å². The SMILES string of the molecule is CCc1cc(OC)ccc1-c1cc(=O)[nH]c(=S)n1CC(C)NC. The number of methoxy groups -OCH3 is 1. The lowest BCUT2D eigenvalue weighted by molar-refractivity contribution is 0.414. The molecule has 0 radical (unpaired) electrons. The molecule has 0 saturated heterocycles. The lowest BCUT2D eigenvalue weighted by Crippen LogP contribution is -2.29. The lowest BCUT2D eigenvalue weighted by Gasteiger charge is -2.19. The Hall–Kier alpha value is -1.92. The number of nitrogens with zero attached hydrogens (tertiary/aromatic N) is 1. The van der Waals surface area contributed by atoms with Crippen LogP contribution in [-0.2, 0) is 13.0 Å². The Morgan fingerprint density at radius 3 is 2.74 bits per heavy atom. The largest absolute Gasteiger partial charge is 0.497 e. The standard InChI is InChI=1S/C17H23N3O2S/c1-5-12-8-13(22-4)6-7-14(12)15-9-16(21)19-17(23)20(15)10-11(2)18-3/h6-9,11,18H,5,10H2,1-4H3,(H,19,21,23). The second kappa shape index (κ2) is 7.57. The molecule has 0 saturated carbocycles. The normalized spacial score (nSPS) is 12.2. The number of benzene rings is 1. The Morgan fingerprint density at radius 2 is 2.13 bits per heavy atom. The highest BCUT2D eigenvalue weighted by Crippen LogP contribution is 2.27. The average Bonchev–Trinajstić information content (AvgIpc) is 2.56. The van der Waals surface area contributed by atoms with Gasteiger partial charge in [-0.3, -0.25) is 9.78 Å². The van der Waals surface area contributed by atoms with Gasteiger partial charge in [0.1, 0.15) is 5.75 Å². The Balaban J connectivity index is 2.67. The van der Waals surface area contributed by atoms with E-state index in [1.54, 1.807) is 13.2 Å². The molecule has 0 aliphatic rings. The highest BCUT2D eigenvalue weighted by Gasteiger charge is 2.13. The first-order chi connectivity index (χ1) is 11.0. The van der Waals surface area contributed by atoms with Crippen molar-refractivity contribution in [2.75, 3.05) is 14.2 Å². The fourth-order valence-corrected chi connectivity index (χ4v) is 2.80. The predicted octanol–water partition coefficient (Wildman–Crippen LogP) is 2.75. The number of H-pyrrole nitrogens is 1. The van der Waals surface area contributed by atoms with Crippen molar-refractivity contribution in [1.29, 1.82) is 0 Å². The van der Waals surface area contributed by atoms with Gasteiger partial charge in [0, 0.05) is 24.2 Å². The highest BCUT2D eigenvalue weighted by atomic mass is 32.1. The fraction of sp³-hybridized carbons (Fsp3) is 0.412. The molecule has 0 bridgehead atoms. The van der Waals surface area contributed by atoms with Gasteiger partial charge in [0.15, 0.2) is 4.77 Å². The molecule has 5 nitrogen and oxygen atoms in total. The van der Waals surface area contributed by atoms with E-state index in [4.69, 9.17) is 17.0 Å². The first-order valence-electron chi connectivity index (χ1n) is 7.68. The van der Waals surface area contributed by atoms with Crippen molar-refractivity contribution < 1.29 is 4.74 Å². The Bertz CT molecular complexity index is 795. The van der Waals surface area contributed by atoms with E-state index in [1.165, 1.54) is 0 Å². The zero-order valence-corrected chi connectivity index (χ0v) is 14.8. The molecular formula is C17H23N3O2S. The summed E-state index contributed by atoms with van der Waals surface area (Å²) in [6, 6.07) is 7.74. The van der Waals surface area contributed by atoms with E-state index in [-0.39, 0.29) is 11.6 Å². The maximum absolute atomic E-state index is 11.9. The summed E-state index contributed by atoms with van der Waals surface area (Å²) < 4.78 is 7.71. The van der Waals surface area contributed by atoms with Crippen LogP contribution in [0.3, 0.4) is 0 Å². The minimum Gasteiger partial charge on any atom is -0.497 e. The molecule has 0 aliphatic heterocycles. The number of ether oxygens (including phenoxy) is 1. The van der Waals surface area contributed by atoms with Crippen LogP contribution in [0, 0.1) is 4.77 Å². The summed E-state index contributed by atoms with van der Waals surface area (Å²) in [5.41, 5.74) is 2.78. The molecule has 6 heteroatoms. The van der Waals surface area contributed by atoms with Gasteiger partial charge in [-0.1, -0.05) is 6.92 Å². The molecular weight excluding hydrogens is 310 g/mol. The van der Waals surface area contributed by atoms with Crippen LogP contribution in [0.25, 0.3) is 11.3 Å². The van der Waals surface area contributed by atoms with E-state index in [9.17, 15) is 4.79 Å². The molecule has 1 aromatic carbocycles. The van der Waals surface area contributed by atoms with Gasteiger partial charge in [0.2, 0.25) is 0 Å². The van der Waals surface area contributed by atoms with Crippen molar-refractivity contribution in [1.82, 2.24) is 14.9 Å². The molecule has 1 atom stereocenters. The van der Waals surface area contributed by atoms with Crippen LogP contribution in [0.15, 0.2) is 29.1 Å². The molecule has 0 aliphatic carbocycles. The zero-order chi connectivity index (χ0) is 17.0. The Labute approximate surface area is 141 Å². The van der Waals surface area contributed by atoms with E-state index >= 15 is 0 Å². The first kappa shape index (κ1) is 17.4. The van der Waals surface area contributed by atoms with Crippen LogP contribution in [0.4, 0.5) is 0 Å². The number of rotatable bonds is 6. The van der Waals surface area contributed by atoms with Crippen molar-refractivity contribution in [2.24, 2.45) is 0 Å². The van der Waals surface area contributed by atoms with Crippen molar-refractivity contribution in [3.63, 3.8) is 0 Å². The maximum Gasteiger partial charge on any atom is 0.252 e. The Morgan fingerprint density at radius 1 is 1.39 bits per heavy atom. The van der Waals surface area contributed by atoms with Crippen LogP contribution in [0.2, 0.25) is 0 Å². The number of aryl methyl sites for hydroxylation is 1. The van der Waals surface area contributed by atoms with Crippen molar-refractivity contribution in [3.05, 3.63) is 45.0 Å². The third-order valence-corrected chi connectivity index (χ3v) is 4.27. The molecule has 1 heterocycles. The van der Waals surface area contributed by atoms with E-state index in [1.807, 2.05) is 29.8 Å². The topological polar surface area (TPSA) is 59.1 Å². The molecule has 124 valence electrons. The van der Waals surface area contributed by atoms with Crippen molar-refractivity contribution >= 4 is 12.2 Å². The summed E-state index contributed by atoms with van der Waals surface area (Å²) in [5.74, 6) is 0.809. The minimum atomic E-state index is -0.184. The van der Waals surface area contributed by atoms with Gasteiger partial charge in [0.05, 0.1) is 12.8 Å². The van der Waals surface area contributed by atoms with Crippen LogP contribution in [0.5, 0.6) is 5.75 Å². The second-order valence-electron chi connectivity index (χ2n) is 5.50. The molecule has 0 fully saturated rings. The van der Waals surface area contributed by atoms with Gasteiger partial charge < -0.3 is 14.6 Å². The maximum atomic E-state index is 11.9. The third kappa shape index (κ3) is 3.89. The van der Waals surface area contributed by atoms with Crippen LogP contribution < -0.4 is 15.6 Å². The second-order valence-corrected chi connectivity index (χ2v) is 5.89. The number of aromatic nitrogens is 2. The van der Waals surface area contributed by atoms with Crippen molar-refractivity contribution in [2.45, 2.75) is 32.9 Å². The van der Waals surface area contributed by atoms with Crippen molar-refractivity contribution in [3.8, 4) is 17.0 Å². The van der Waals surface area contributed by atoms with E-state index < -0.39 is 0 Å². The summed E-state index contributed by atoms with van der Waals surface area (Å²) in [6.45, 7) is 4.84. The minimum absolute atomic E-state index is 0.184. The third-order valence-electron chi connectivity index (χ3n) is 3.95. The molecule has 1 aromatic heterocycles. The summed E-state index contributed by atoms with van der Waals surface area (Å²) in [6.07, 6.45) is 0.841. The number of hydrogen-bond acceptors (Lipinski definition) is 4. The molecule has 2 N–H and O–H groups in total. The van der Waals surface area contributed by atoms with E-state index in [0.717, 1.165) is 29.0 Å². The van der Waals surface area contributed by atoms with Gasteiger partial charge >= 0.3 is 0 Å². The lowest BCUT2D eigenvalue weighted by atomic mass is 10.0. The highest BCUT2D eigenvalue weighted by molar-refractivity contribution is 7.71. The van der Waals surface area contributed by atoms with Gasteiger partial charge in [-0.25, -0.2) is 0 Å². The monoisotopic (exact) mass is 333 g/mol. The van der Waals surface area contributed by atoms with Gasteiger partial charge in [-0.2, -0.15) is 0 Å². The van der Waals surface area contributed by atoms with Gasteiger partial charge in [-0.15, -0.1) is 0 Å². The molecule has 2 rings (SSSR count). The number of likely N-dealkylation sites (N-methyl/N-ethyl adjacent to an activating group) is 1. The molecule has 0 amide bonds. The zero-order valence-electron chi connectivity index (χ0n) is 14.0. The molecule has 2 aromatic rings. The molecule has 23 heavy (non-hydrogen) atoms. The fourth-order valence-electron chi connectivity index (χ4n) is 2.53. The summed E-state index contributed by atoms with van der Waals surface area (Å²) >= 11 is 5.38. The summed E-state index contributed by atoms with van der Waals surface area (Å²) in [5, 5.41) is 3.20. The van der Waals surface area contributed by atoms with E-state index in [0.29, 0.717) is 11.3 Å². The first-order valence-corrected chi connectivity index (χ1v) is 8.09. The molecule has 0 spiro atoms. The predicted molar refractivity (Wildman–Crippen MR) is 95.8 cm³/mol.